The van der Waals surface area contributed by atoms with Gasteiger partial charge in [-0.1, -0.05) is 24.9 Å². The lowest BCUT2D eigenvalue weighted by atomic mass is 9.96. The highest BCUT2D eigenvalue weighted by atomic mass is 16.3. The predicted molar refractivity (Wildman–Crippen MR) is 57.3 cm³/mol. The van der Waals surface area contributed by atoms with Gasteiger partial charge in [-0.3, -0.25) is 0 Å². The number of hydrogen-bond donors (Lipinski definition) is 0. The quantitative estimate of drug-likeness (QED) is 0.325. The first-order chi connectivity index (χ1) is 6.35. The van der Waals surface area contributed by atoms with E-state index in [-0.39, 0.29) is 0 Å². The van der Waals surface area contributed by atoms with Crippen LogP contribution in [0.15, 0.2) is 10.2 Å². The van der Waals surface area contributed by atoms with Crippen molar-refractivity contribution in [2.45, 2.75) is 39.0 Å². The normalized spacial score (nSPS) is 13.4. The highest BCUT2D eigenvalue weighted by Gasteiger charge is 2.04. The third-order valence-corrected chi connectivity index (χ3v) is 2.33. The lowest BCUT2D eigenvalue weighted by molar-refractivity contribution is 0.434. The second kappa shape index (κ2) is 9.36. The van der Waals surface area contributed by atoms with Gasteiger partial charge in [0.25, 0.3) is 0 Å². The van der Waals surface area contributed by atoms with Crippen LogP contribution in [0.1, 0.15) is 39.0 Å². The molecule has 0 aliphatic heterocycles. The summed E-state index contributed by atoms with van der Waals surface area (Å²) in [5.74, 6) is 0.669. The molecule has 0 aromatic rings. The minimum atomic E-state index is 0.473. The molecule has 0 aromatic heterocycles. The summed E-state index contributed by atoms with van der Waals surface area (Å²) in [5, 5.41) is 2.89. The molecule has 0 amide bonds. The Bertz CT molecular complexity index is 146. The van der Waals surface area contributed by atoms with Gasteiger partial charge in [-0.25, -0.2) is 0 Å². The summed E-state index contributed by atoms with van der Waals surface area (Å²) in [5.41, 5.74) is 0. The fraction of sp³-hybridized carbons (Fsp3) is 0.900. The highest BCUT2D eigenvalue weighted by molar-refractivity contribution is 5.56. The maximum atomic E-state index is 9.93. The largest absolute Gasteiger partial charge is 0.301 e. The zero-order valence-corrected chi connectivity index (χ0v) is 8.70. The summed E-state index contributed by atoms with van der Waals surface area (Å²) in [6, 6.07) is 0. The first kappa shape index (κ1) is 12.3. The SMILES string of the molecule is CCC(CCCC=NC)CCN=O. The second-order valence-corrected chi connectivity index (χ2v) is 3.29. The number of rotatable bonds is 8. The van der Waals surface area contributed by atoms with E-state index in [0.29, 0.717) is 12.5 Å². The Morgan fingerprint density at radius 2 is 2.15 bits per heavy atom. The summed E-state index contributed by atoms with van der Waals surface area (Å²) >= 11 is 0. The van der Waals surface area contributed by atoms with Gasteiger partial charge in [0, 0.05) is 7.05 Å². The van der Waals surface area contributed by atoms with Gasteiger partial charge < -0.3 is 4.99 Å². The number of unbranched alkanes of at least 4 members (excludes halogenated alkanes) is 1. The fourth-order valence-corrected chi connectivity index (χ4v) is 1.41. The van der Waals surface area contributed by atoms with Gasteiger partial charge in [-0.05, 0) is 31.4 Å². The maximum Gasteiger partial charge on any atom is 0.0813 e. The van der Waals surface area contributed by atoms with Gasteiger partial charge >= 0.3 is 0 Å². The van der Waals surface area contributed by atoms with Crippen LogP contribution in [0.2, 0.25) is 0 Å². The van der Waals surface area contributed by atoms with Crippen molar-refractivity contribution in [2.75, 3.05) is 13.6 Å². The number of hydrogen-bond acceptors (Lipinski definition) is 3. The molecule has 0 aliphatic rings. The van der Waals surface area contributed by atoms with Crippen LogP contribution in [0.4, 0.5) is 0 Å². The smallest absolute Gasteiger partial charge is 0.0813 e. The second-order valence-electron chi connectivity index (χ2n) is 3.29. The van der Waals surface area contributed by atoms with Crippen molar-refractivity contribution in [3.8, 4) is 0 Å². The Balaban J connectivity index is 3.41. The van der Waals surface area contributed by atoms with E-state index in [2.05, 4.69) is 17.1 Å². The molecule has 0 saturated carbocycles. The Morgan fingerprint density at radius 3 is 2.69 bits per heavy atom. The molecule has 3 nitrogen and oxygen atoms in total. The first-order valence-electron chi connectivity index (χ1n) is 5.04. The van der Waals surface area contributed by atoms with Gasteiger partial charge in [0.2, 0.25) is 0 Å². The molecule has 13 heavy (non-hydrogen) atoms. The summed E-state index contributed by atoms with van der Waals surface area (Å²) in [6.45, 7) is 2.64. The third kappa shape index (κ3) is 7.62. The molecule has 0 radical (unpaired) electrons. The van der Waals surface area contributed by atoms with E-state index in [0.717, 1.165) is 19.3 Å². The molecular formula is C10H20N2O. The Hall–Kier alpha value is -0.730. The van der Waals surface area contributed by atoms with Gasteiger partial charge in [0.15, 0.2) is 0 Å². The number of nitroso groups, excluding NO2 is 1. The maximum absolute atomic E-state index is 9.93. The molecule has 0 aliphatic carbocycles. The van der Waals surface area contributed by atoms with Gasteiger partial charge in [-0.15, -0.1) is 0 Å². The van der Waals surface area contributed by atoms with E-state index in [1.165, 1.54) is 12.8 Å². The lowest BCUT2D eigenvalue weighted by Gasteiger charge is -2.11. The van der Waals surface area contributed by atoms with E-state index in [4.69, 9.17) is 0 Å². The lowest BCUT2D eigenvalue weighted by Crippen LogP contribution is -2.00. The van der Waals surface area contributed by atoms with E-state index in [9.17, 15) is 4.91 Å². The molecule has 1 atom stereocenters. The van der Waals surface area contributed by atoms with Crippen molar-refractivity contribution in [1.29, 1.82) is 0 Å². The zero-order chi connectivity index (χ0) is 9.94. The molecule has 1 unspecified atom stereocenters. The molecule has 0 N–H and O–H groups in total. The van der Waals surface area contributed by atoms with Crippen molar-refractivity contribution in [3.05, 3.63) is 4.91 Å². The van der Waals surface area contributed by atoms with E-state index >= 15 is 0 Å². The highest BCUT2D eigenvalue weighted by Crippen LogP contribution is 2.15. The van der Waals surface area contributed by atoms with Gasteiger partial charge in [0.1, 0.15) is 0 Å². The molecule has 0 spiro atoms. The molecule has 0 fully saturated rings. The van der Waals surface area contributed by atoms with Crippen molar-refractivity contribution >= 4 is 6.21 Å². The zero-order valence-electron chi connectivity index (χ0n) is 8.70. The minimum absolute atomic E-state index is 0.473. The Labute approximate surface area is 80.6 Å². The molecular weight excluding hydrogens is 164 g/mol. The van der Waals surface area contributed by atoms with E-state index < -0.39 is 0 Å². The van der Waals surface area contributed by atoms with Crippen molar-refractivity contribution < 1.29 is 0 Å². The van der Waals surface area contributed by atoms with E-state index in [1.54, 1.807) is 7.05 Å². The average molecular weight is 184 g/mol. The van der Waals surface area contributed by atoms with E-state index in [1.807, 2.05) is 6.21 Å². The standard InChI is InChI=1S/C10H20N2O/c1-3-10(7-9-12-13)6-4-5-8-11-2/h8,10H,3-7,9H2,1-2H3. The molecule has 76 valence electrons. The van der Waals surface area contributed by atoms with Crippen LogP contribution in [0.3, 0.4) is 0 Å². The molecule has 3 heteroatoms. The summed E-state index contributed by atoms with van der Waals surface area (Å²) in [7, 11) is 1.80. The van der Waals surface area contributed by atoms with Crippen molar-refractivity contribution in [3.63, 3.8) is 0 Å². The molecule has 0 aromatic carbocycles. The molecule has 0 saturated heterocycles. The minimum Gasteiger partial charge on any atom is -0.301 e. The number of nitrogens with zero attached hydrogens (tertiary/aromatic N) is 2. The van der Waals surface area contributed by atoms with Crippen LogP contribution in [0.25, 0.3) is 0 Å². The number of aliphatic imine (C=N–C) groups is 1. The fourth-order valence-electron chi connectivity index (χ4n) is 1.41. The molecule has 0 heterocycles. The van der Waals surface area contributed by atoms with Crippen LogP contribution in [-0.4, -0.2) is 19.8 Å². The Morgan fingerprint density at radius 1 is 1.38 bits per heavy atom. The Kier molecular flexibility index (Phi) is 8.83. The monoisotopic (exact) mass is 184 g/mol. The topological polar surface area (TPSA) is 41.8 Å². The molecule has 0 bridgehead atoms. The van der Waals surface area contributed by atoms with Crippen LogP contribution >= 0.6 is 0 Å². The average Bonchev–Trinajstić information content (AvgIpc) is 2.17. The van der Waals surface area contributed by atoms with Crippen LogP contribution < -0.4 is 0 Å². The van der Waals surface area contributed by atoms with Crippen molar-refractivity contribution in [1.82, 2.24) is 0 Å². The van der Waals surface area contributed by atoms with Gasteiger partial charge in [0.05, 0.1) is 6.54 Å². The molecule has 0 rings (SSSR count). The summed E-state index contributed by atoms with van der Waals surface area (Å²) in [6.07, 6.45) is 7.47. The van der Waals surface area contributed by atoms with Crippen LogP contribution in [0, 0.1) is 10.8 Å². The predicted octanol–water partition coefficient (Wildman–Crippen LogP) is 3.04. The third-order valence-electron chi connectivity index (χ3n) is 2.33. The first-order valence-corrected chi connectivity index (χ1v) is 5.04. The van der Waals surface area contributed by atoms with Crippen molar-refractivity contribution in [2.24, 2.45) is 16.1 Å². The summed E-state index contributed by atoms with van der Waals surface area (Å²) < 4.78 is 0. The van der Waals surface area contributed by atoms with Gasteiger partial charge in [-0.2, -0.15) is 4.91 Å². The summed E-state index contributed by atoms with van der Waals surface area (Å²) in [4.78, 5) is 13.9. The van der Waals surface area contributed by atoms with Crippen LogP contribution in [-0.2, 0) is 0 Å². The van der Waals surface area contributed by atoms with Crippen LogP contribution in [0.5, 0.6) is 0 Å².